The molecule has 2 rings (SSSR count). The Kier molecular flexibility index (Phi) is 4.46. The number of nitro groups is 1. The number of nitro benzene ring substituents is 1. The number of carbonyl (C=O) groups excluding carboxylic acids is 1. The third-order valence-electron chi connectivity index (χ3n) is 3.65. The summed E-state index contributed by atoms with van der Waals surface area (Å²) in [5.74, 6) is -1.26. The Morgan fingerprint density at radius 3 is 2.86 bits per heavy atom. The second-order valence-electron chi connectivity index (χ2n) is 4.88. The molecule has 1 aromatic rings. The molecule has 1 aliphatic heterocycles. The van der Waals surface area contributed by atoms with Crippen molar-refractivity contribution in [2.45, 2.75) is 13.3 Å². The zero-order chi connectivity index (χ0) is 15.7. The highest BCUT2D eigenvalue weighted by atomic mass is 79.9. The molecule has 21 heavy (non-hydrogen) atoms. The molecule has 0 spiro atoms. The molecule has 0 aliphatic carbocycles. The monoisotopic (exact) mass is 360 g/mol. The average Bonchev–Trinajstić information content (AvgIpc) is 2.92. The van der Waals surface area contributed by atoms with Gasteiger partial charge in [-0.05, 0) is 29.3 Å². The molecule has 0 radical (unpaired) electrons. The van der Waals surface area contributed by atoms with E-state index in [0.29, 0.717) is 13.0 Å². The van der Waals surface area contributed by atoms with Gasteiger partial charge in [0.25, 0.3) is 5.69 Å². The highest BCUT2D eigenvalue weighted by Crippen LogP contribution is 2.39. The largest absolute Gasteiger partial charge is 0.469 e. The number of rotatable bonds is 3. The molecule has 0 saturated carbocycles. The lowest BCUT2D eigenvalue weighted by Gasteiger charge is -2.19. The lowest BCUT2D eigenvalue weighted by Crippen LogP contribution is -2.24. The first-order chi connectivity index (χ1) is 9.86. The van der Waals surface area contributed by atoms with Crippen molar-refractivity contribution in [3.8, 4) is 0 Å². The van der Waals surface area contributed by atoms with Crippen molar-refractivity contribution in [3.63, 3.8) is 0 Å². The van der Waals surface area contributed by atoms with Gasteiger partial charge in [0.2, 0.25) is 0 Å². The fourth-order valence-corrected chi connectivity index (χ4v) is 2.84. The van der Waals surface area contributed by atoms with Gasteiger partial charge in [-0.15, -0.1) is 0 Å². The number of halogens is 2. The SMILES string of the molecule is COC(=O)[C@H]1CCN(c2cc(F)c(Br)c(C)c2[N+](=O)[O-])C1. The molecule has 0 amide bonds. The van der Waals surface area contributed by atoms with E-state index in [0.717, 1.165) is 6.07 Å². The Balaban J connectivity index is 2.41. The smallest absolute Gasteiger partial charge is 0.310 e. The minimum atomic E-state index is -0.561. The van der Waals surface area contributed by atoms with Crippen LogP contribution in [-0.4, -0.2) is 31.1 Å². The molecule has 0 unspecified atom stereocenters. The second-order valence-corrected chi connectivity index (χ2v) is 5.67. The van der Waals surface area contributed by atoms with E-state index in [-0.39, 0.29) is 39.8 Å². The predicted molar refractivity (Wildman–Crippen MR) is 77.8 cm³/mol. The number of hydrogen-bond acceptors (Lipinski definition) is 5. The number of nitrogens with zero attached hydrogens (tertiary/aromatic N) is 2. The Hall–Kier alpha value is -1.70. The Labute approximate surface area is 129 Å². The number of methoxy groups -OCH3 is 1. The minimum Gasteiger partial charge on any atom is -0.469 e. The number of carbonyl (C=O) groups is 1. The molecule has 1 aliphatic rings. The maximum atomic E-state index is 13.9. The summed E-state index contributed by atoms with van der Waals surface area (Å²) in [4.78, 5) is 23.9. The average molecular weight is 361 g/mol. The Bertz CT molecular complexity index is 608. The van der Waals surface area contributed by atoms with Crippen molar-refractivity contribution in [1.29, 1.82) is 0 Å². The van der Waals surface area contributed by atoms with Gasteiger partial charge in [0, 0.05) is 24.7 Å². The van der Waals surface area contributed by atoms with E-state index in [1.165, 1.54) is 14.0 Å². The van der Waals surface area contributed by atoms with Crippen molar-refractivity contribution < 1.29 is 18.8 Å². The molecule has 0 bridgehead atoms. The standard InChI is InChI=1S/C13H14BrFN2O4/c1-7-11(14)9(15)5-10(12(7)17(19)20)16-4-3-8(6-16)13(18)21-2/h5,8H,3-4,6H2,1-2H3/t8-/m0/s1. The van der Waals surface area contributed by atoms with Crippen molar-refractivity contribution >= 4 is 33.3 Å². The molecule has 6 nitrogen and oxygen atoms in total. The first kappa shape index (κ1) is 15.7. The summed E-state index contributed by atoms with van der Waals surface area (Å²) in [5, 5.41) is 11.3. The number of esters is 1. The quantitative estimate of drug-likeness (QED) is 0.470. The lowest BCUT2D eigenvalue weighted by molar-refractivity contribution is -0.384. The Morgan fingerprint density at radius 1 is 1.62 bits per heavy atom. The summed E-state index contributed by atoms with van der Waals surface area (Å²) in [5.41, 5.74) is 0.287. The van der Waals surface area contributed by atoms with Crippen LogP contribution in [0.25, 0.3) is 0 Å². The van der Waals surface area contributed by atoms with Crippen molar-refractivity contribution in [3.05, 3.63) is 32.0 Å². The normalized spacial score (nSPS) is 17.9. The molecule has 8 heteroatoms. The van der Waals surface area contributed by atoms with Gasteiger partial charge in [-0.25, -0.2) is 4.39 Å². The predicted octanol–water partition coefficient (Wildman–Crippen LogP) is 2.80. The molecule has 1 aromatic carbocycles. The molecule has 1 saturated heterocycles. The fraction of sp³-hybridized carbons (Fsp3) is 0.462. The highest BCUT2D eigenvalue weighted by molar-refractivity contribution is 9.10. The van der Waals surface area contributed by atoms with Crippen LogP contribution in [-0.2, 0) is 9.53 Å². The second kappa shape index (κ2) is 5.97. The third kappa shape index (κ3) is 2.85. The number of ether oxygens (including phenoxy) is 1. The van der Waals surface area contributed by atoms with E-state index in [1.54, 1.807) is 4.90 Å². The minimum absolute atomic E-state index is 0.0849. The maximum Gasteiger partial charge on any atom is 0.310 e. The summed E-state index contributed by atoms with van der Waals surface area (Å²) < 4.78 is 18.6. The van der Waals surface area contributed by atoms with Crippen LogP contribution in [0.2, 0.25) is 0 Å². The molecular formula is C13H14BrFN2O4. The number of anilines is 1. The van der Waals surface area contributed by atoms with Gasteiger partial charge in [-0.1, -0.05) is 0 Å². The van der Waals surface area contributed by atoms with Gasteiger partial charge >= 0.3 is 5.97 Å². The van der Waals surface area contributed by atoms with Crippen molar-refractivity contribution in [1.82, 2.24) is 0 Å². The van der Waals surface area contributed by atoms with E-state index in [1.807, 2.05) is 0 Å². The zero-order valence-electron chi connectivity index (χ0n) is 11.6. The van der Waals surface area contributed by atoms with Crippen molar-refractivity contribution in [2.75, 3.05) is 25.1 Å². The van der Waals surface area contributed by atoms with Crippen LogP contribution in [0, 0.1) is 28.8 Å². The van der Waals surface area contributed by atoms with Gasteiger partial charge in [0.15, 0.2) is 0 Å². The summed E-state index contributed by atoms with van der Waals surface area (Å²) in [7, 11) is 1.30. The van der Waals surface area contributed by atoms with E-state index in [4.69, 9.17) is 0 Å². The summed E-state index contributed by atoms with van der Waals surface area (Å²) >= 11 is 3.02. The highest BCUT2D eigenvalue weighted by Gasteiger charge is 2.34. The van der Waals surface area contributed by atoms with Crippen LogP contribution < -0.4 is 4.90 Å². The van der Waals surface area contributed by atoms with Crippen LogP contribution in [0.4, 0.5) is 15.8 Å². The van der Waals surface area contributed by atoms with Gasteiger partial charge in [0.05, 0.1) is 22.4 Å². The van der Waals surface area contributed by atoms with Gasteiger partial charge in [-0.2, -0.15) is 0 Å². The lowest BCUT2D eigenvalue weighted by atomic mass is 10.1. The van der Waals surface area contributed by atoms with Gasteiger partial charge < -0.3 is 9.64 Å². The van der Waals surface area contributed by atoms with Gasteiger partial charge in [0.1, 0.15) is 11.5 Å². The van der Waals surface area contributed by atoms with Crippen LogP contribution >= 0.6 is 15.9 Å². The van der Waals surface area contributed by atoms with E-state index >= 15 is 0 Å². The first-order valence-electron chi connectivity index (χ1n) is 6.32. The summed E-state index contributed by atoms with van der Waals surface area (Å²) in [6, 6.07) is 1.13. The van der Waals surface area contributed by atoms with Crippen LogP contribution in [0.1, 0.15) is 12.0 Å². The number of benzene rings is 1. The summed E-state index contributed by atoms with van der Waals surface area (Å²) in [6.45, 7) is 2.22. The third-order valence-corrected chi connectivity index (χ3v) is 4.62. The molecule has 0 aromatic heterocycles. The topological polar surface area (TPSA) is 72.7 Å². The van der Waals surface area contributed by atoms with E-state index < -0.39 is 10.7 Å². The molecule has 1 atom stereocenters. The fourth-order valence-electron chi connectivity index (χ4n) is 2.54. The first-order valence-corrected chi connectivity index (χ1v) is 7.11. The zero-order valence-corrected chi connectivity index (χ0v) is 13.1. The van der Waals surface area contributed by atoms with Crippen LogP contribution in [0.3, 0.4) is 0 Å². The van der Waals surface area contributed by atoms with Crippen LogP contribution in [0.15, 0.2) is 10.5 Å². The van der Waals surface area contributed by atoms with Crippen LogP contribution in [0.5, 0.6) is 0 Å². The molecular weight excluding hydrogens is 347 g/mol. The summed E-state index contributed by atoms with van der Waals surface area (Å²) in [6.07, 6.45) is 0.528. The van der Waals surface area contributed by atoms with E-state index in [9.17, 15) is 19.3 Å². The molecule has 114 valence electrons. The Morgan fingerprint density at radius 2 is 2.29 bits per heavy atom. The van der Waals surface area contributed by atoms with Crippen molar-refractivity contribution in [2.24, 2.45) is 5.92 Å². The molecule has 1 fully saturated rings. The maximum absolute atomic E-state index is 13.9. The van der Waals surface area contributed by atoms with E-state index in [2.05, 4.69) is 20.7 Å². The number of hydrogen-bond donors (Lipinski definition) is 0. The van der Waals surface area contributed by atoms with Gasteiger partial charge in [-0.3, -0.25) is 14.9 Å². The molecule has 0 N–H and O–H groups in total. The molecule has 1 heterocycles.